The van der Waals surface area contributed by atoms with Crippen molar-refractivity contribution in [1.29, 1.82) is 0 Å². The zero-order valence-electron chi connectivity index (χ0n) is 24.5. The summed E-state index contributed by atoms with van der Waals surface area (Å²) in [6.07, 6.45) is 5.89. The number of hydrogen-bond donors (Lipinski definition) is 3. The monoisotopic (exact) mass is 556 g/mol. The van der Waals surface area contributed by atoms with Gasteiger partial charge in [0, 0.05) is 29.6 Å². The maximum Gasteiger partial charge on any atom is 0.328 e. The number of H-pyrrole nitrogens is 1. The van der Waals surface area contributed by atoms with Crippen molar-refractivity contribution in [3.05, 3.63) is 36.0 Å². The van der Waals surface area contributed by atoms with Crippen LogP contribution in [0, 0.1) is 5.92 Å². The number of carbonyl (C=O) groups excluding carboxylic acids is 4. The van der Waals surface area contributed by atoms with Gasteiger partial charge in [-0.15, -0.1) is 0 Å². The topological polar surface area (TPSA) is 130 Å². The molecular weight excluding hydrogens is 512 g/mol. The van der Waals surface area contributed by atoms with E-state index in [1.807, 2.05) is 44.3 Å². The number of benzene rings is 1. The van der Waals surface area contributed by atoms with Crippen molar-refractivity contribution < 1.29 is 28.7 Å². The van der Waals surface area contributed by atoms with Crippen LogP contribution in [0.5, 0.6) is 0 Å². The van der Waals surface area contributed by atoms with Crippen LogP contribution in [-0.4, -0.2) is 71.1 Å². The first-order valence-corrected chi connectivity index (χ1v) is 14.1. The standard InChI is InChI=1S/C30H44N4O6/c1-19(2)15-24(33-29(38)34(21-11-7-8-12-21)18-26(35)40-30(3,4)5)27(36)32-25(28(37)39-6)16-20-17-31-23-14-10-9-13-22(20)23/h9-10,13-14,17,19,21,24-25,31H,7-8,11-12,15-16,18H2,1-6H3,(H,32,36)(H,33,38)/t24-,25-/m0/s1. The number of carbonyl (C=O) groups is 4. The number of amides is 3. The van der Waals surface area contributed by atoms with Gasteiger partial charge >= 0.3 is 18.0 Å². The second-order valence-electron chi connectivity index (χ2n) is 11.9. The Bertz CT molecular complexity index is 1180. The van der Waals surface area contributed by atoms with Gasteiger partial charge in [-0.05, 0) is 57.6 Å². The SMILES string of the molecule is COC(=O)[C@H](Cc1c[nH]c2ccccc12)NC(=O)[C@H](CC(C)C)NC(=O)N(CC(=O)OC(C)(C)C)C1CCCC1. The van der Waals surface area contributed by atoms with Crippen LogP contribution in [0.3, 0.4) is 0 Å². The molecule has 0 bridgehead atoms. The fraction of sp³-hybridized carbons (Fsp3) is 0.600. The van der Waals surface area contributed by atoms with Crippen LogP contribution in [0.25, 0.3) is 10.9 Å². The molecule has 1 aliphatic carbocycles. The minimum absolute atomic E-state index is 0.0760. The third-order valence-electron chi connectivity index (χ3n) is 6.97. The fourth-order valence-corrected chi connectivity index (χ4v) is 5.16. The molecule has 0 spiro atoms. The largest absolute Gasteiger partial charge is 0.467 e. The summed E-state index contributed by atoms with van der Waals surface area (Å²) in [5.41, 5.74) is 1.11. The molecule has 2 atom stereocenters. The van der Waals surface area contributed by atoms with Crippen molar-refractivity contribution >= 4 is 34.8 Å². The molecule has 3 amide bonds. The highest BCUT2D eigenvalue weighted by atomic mass is 16.6. The van der Waals surface area contributed by atoms with Gasteiger partial charge in [-0.1, -0.05) is 44.9 Å². The maximum absolute atomic E-state index is 13.5. The van der Waals surface area contributed by atoms with Crippen molar-refractivity contribution in [3.63, 3.8) is 0 Å². The van der Waals surface area contributed by atoms with Gasteiger partial charge < -0.3 is 30.0 Å². The summed E-state index contributed by atoms with van der Waals surface area (Å²) in [5, 5.41) is 6.61. The van der Waals surface area contributed by atoms with Crippen LogP contribution in [0.4, 0.5) is 4.79 Å². The molecule has 1 aliphatic rings. The zero-order chi connectivity index (χ0) is 29.4. The Balaban J connectivity index is 1.77. The number of ether oxygens (including phenoxy) is 2. The van der Waals surface area contributed by atoms with Gasteiger partial charge in [-0.3, -0.25) is 9.59 Å². The summed E-state index contributed by atoms with van der Waals surface area (Å²) in [5.74, 6) is -1.48. The van der Waals surface area contributed by atoms with Crippen LogP contribution >= 0.6 is 0 Å². The molecule has 1 aromatic heterocycles. The molecule has 10 nitrogen and oxygen atoms in total. The quantitative estimate of drug-likeness (QED) is 0.358. The van der Waals surface area contributed by atoms with Crippen LogP contribution < -0.4 is 10.6 Å². The Morgan fingerprint density at radius 1 is 1.05 bits per heavy atom. The number of rotatable bonds is 11. The number of methoxy groups -OCH3 is 1. The van der Waals surface area contributed by atoms with Gasteiger partial charge in [0.25, 0.3) is 0 Å². The van der Waals surface area contributed by atoms with E-state index in [2.05, 4.69) is 15.6 Å². The molecule has 1 fully saturated rings. The van der Waals surface area contributed by atoms with Crippen molar-refractivity contribution in [3.8, 4) is 0 Å². The molecule has 40 heavy (non-hydrogen) atoms. The van der Waals surface area contributed by atoms with E-state index in [1.165, 1.54) is 12.0 Å². The maximum atomic E-state index is 13.5. The van der Waals surface area contributed by atoms with E-state index >= 15 is 0 Å². The first-order chi connectivity index (χ1) is 18.9. The number of nitrogens with zero attached hydrogens (tertiary/aromatic N) is 1. The lowest BCUT2D eigenvalue weighted by Gasteiger charge is -2.32. The first-order valence-electron chi connectivity index (χ1n) is 14.1. The predicted octanol–water partition coefficient (Wildman–Crippen LogP) is 4.08. The molecule has 0 aliphatic heterocycles. The van der Waals surface area contributed by atoms with Crippen LogP contribution in [-0.2, 0) is 30.3 Å². The van der Waals surface area contributed by atoms with E-state index in [1.54, 1.807) is 20.8 Å². The van der Waals surface area contributed by atoms with Crippen LogP contribution in [0.2, 0.25) is 0 Å². The summed E-state index contributed by atoms with van der Waals surface area (Å²) in [6.45, 7) is 9.04. The molecule has 1 heterocycles. The van der Waals surface area contributed by atoms with Crippen LogP contribution in [0.1, 0.15) is 72.3 Å². The second-order valence-corrected chi connectivity index (χ2v) is 11.9. The summed E-state index contributed by atoms with van der Waals surface area (Å²) in [6, 6.07) is 5.24. The van der Waals surface area contributed by atoms with E-state index in [0.717, 1.165) is 42.1 Å². The number of urea groups is 1. The molecule has 0 radical (unpaired) electrons. The molecule has 0 unspecified atom stereocenters. The van der Waals surface area contributed by atoms with E-state index in [9.17, 15) is 19.2 Å². The molecule has 1 aromatic carbocycles. The minimum atomic E-state index is -0.948. The Labute approximate surface area is 236 Å². The number of aromatic nitrogens is 1. The van der Waals surface area contributed by atoms with E-state index in [0.29, 0.717) is 6.42 Å². The molecule has 3 N–H and O–H groups in total. The Hall–Kier alpha value is -3.56. The summed E-state index contributed by atoms with van der Waals surface area (Å²) in [7, 11) is 1.28. The molecule has 1 saturated carbocycles. The molecule has 2 aromatic rings. The average molecular weight is 557 g/mol. The van der Waals surface area contributed by atoms with Gasteiger partial charge in [-0.2, -0.15) is 0 Å². The number of esters is 2. The van der Waals surface area contributed by atoms with Gasteiger partial charge in [0.05, 0.1) is 7.11 Å². The van der Waals surface area contributed by atoms with E-state index in [-0.39, 0.29) is 24.9 Å². The third kappa shape index (κ3) is 8.72. The van der Waals surface area contributed by atoms with Gasteiger partial charge in [0.2, 0.25) is 5.91 Å². The van der Waals surface area contributed by atoms with Gasteiger partial charge in [0.1, 0.15) is 24.2 Å². The van der Waals surface area contributed by atoms with Crippen molar-refractivity contribution in [2.45, 2.75) is 96.9 Å². The Morgan fingerprint density at radius 2 is 1.73 bits per heavy atom. The fourth-order valence-electron chi connectivity index (χ4n) is 5.16. The van der Waals surface area contributed by atoms with Gasteiger partial charge in [-0.25, -0.2) is 9.59 Å². The third-order valence-corrected chi connectivity index (χ3v) is 6.97. The normalized spacial score (nSPS) is 15.5. The molecule has 3 rings (SSSR count). The molecular formula is C30H44N4O6. The van der Waals surface area contributed by atoms with Crippen LogP contribution in [0.15, 0.2) is 30.5 Å². The lowest BCUT2D eigenvalue weighted by molar-refractivity contribution is -0.156. The number of fused-ring (bicyclic) bond motifs is 1. The number of nitrogens with one attached hydrogen (secondary N) is 3. The number of aromatic amines is 1. The average Bonchev–Trinajstić information content (AvgIpc) is 3.55. The molecule has 220 valence electrons. The molecule has 10 heteroatoms. The number of para-hydroxylation sites is 1. The van der Waals surface area contributed by atoms with Crippen molar-refractivity contribution in [1.82, 2.24) is 20.5 Å². The second kappa shape index (κ2) is 13.7. The lowest BCUT2D eigenvalue weighted by Crippen LogP contribution is -2.57. The Morgan fingerprint density at radius 3 is 2.35 bits per heavy atom. The minimum Gasteiger partial charge on any atom is -0.467 e. The van der Waals surface area contributed by atoms with E-state index in [4.69, 9.17) is 9.47 Å². The predicted molar refractivity (Wildman–Crippen MR) is 153 cm³/mol. The zero-order valence-corrected chi connectivity index (χ0v) is 24.5. The summed E-state index contributed by atoms with van der Waals surface area (Å²) < 4.78 is 10.5. The van der Waals surface area contributed by atoms with Crippen molar-refractivity contribution in [2.75, 3.05) is 13.7 Å². The smallest absolute Gasteiger partial charge is 0.328 e. The Kier molecular flexibility index (Phi) is 10.6. The lowest BCUT2D eigenvalue weighted by atomic mass is 10.0. The van der Waals surface area contributed by atoms with E-state index < -0.39 is 41.6 Å². The highest BCUT2D eigenvalue weighted by Crippen LogP contribution is 2.24. The first kappa shape index (κ1) is 31.0. The summed E-state index contributed by atoms with van der Waals surface area (Å²) >= 11 is 0. The highest BCUT2D eigenvalue weighted by molar-refractivity contribution is 5.92. The van der Waals surface area contributed by atoms with Gasteiger partial charge in [0.15, 0.2) is 0 Å². The number of hydrogen-bond acceptors (Lipinski definition) is 6. The summed E-state index contributed by atoms with van der Waals surface area (Å²) in [4.78, 5) is 57.1. The molecule has 0 saturated heterocycles. The highest BCUT2D eigenvalue weighted by Gasteiger charge is 2.34. The van der Waals surface area contributed by atoms with Crippen molar-refractivity contribution in [2.24, 2.45) is 5.92 Å².